The third kappa shape index (κ3) is 2.54. The van der Waals surface area contributed by atoms with Crippen LogP contribution in [-0.4, -0.2) is 25.8 Å². The Kier molecular flexibility index (Phi) is 3.46. The van der Waals surface area contributed by atoms with Crippen LogP contribution in [0, 0.1) is 19.5 Å². The summed E-state index contributed by atoms with van der Waals surface area (Å²) in [5, 5.41) is 23.5. The molecule has 0 unspecified atom stereocenters. The number of rotatable bonds is 3. The van der Waals surface area contributed by atoms with E-state index in [0.717, 1.165) is 10.7 Å². The molecule has 1 aromatic carbocycles. The number of hydrogen-bond acceptors (Lipinski definition) is 4. The zero-order chi connectivity index (χ0) is 14.2. The second-order valence-corrected chi connectivity index (χ2v) is 4.73. The predicted octanol–water partition coefficient (Wildman–Crippen LogP) is 2.22. The minimum atomic E-state index is -1.57. The van der Waals surface area contributed by atoms with Crippen LogP contribution in [-0.2, 0) is 0 Å². The molecular weight excluding hydrogens is 372 g/mol. The van der Waals surface area contributed by atoms with Gasteiger partial charge in [0.05, 0.1) is 14.7 Å². The number of nitro benzene ring substituents is 1. The van der Waals surface area contributed by atoms with Crippen LogP contribution in [0.3, 0.4) is 0 Å². The van der Waals surface area contributed by atoms with E-state index >= 15 is 0 Å². The number of halogens is 2. The quantitative estimate of drug-likeness (QED) is 0.503. The number of hydrogen-bond donors (Lipinski definition) is 1. The van der Waals surface area contributed by atoms with Crippen molar-refractivity contribution in [1.29, 1.82) is 0 Å². The summed E-state index contributed by atoms with van der Waals surface area (Å²) in [6.07, 6.45) is 2.90. The smallest absolute Gasteiger partial charge is 0.338 e. The minimum absolute atomic E-state index is 0.129. The summed E-state index contributed by atoms with van der Waals surface area (Å²) in [6.45, 7) is 0. The molecule has 1 N–H and O–H groups in total. The summed E-state index contributed by atoms with van der Waals surface area (Å²) in [7, 11) is 0. The molecule has 9 heteroatoms. The zero-order valence-electron chi connectivity index (χ0n) is 9.08. The summed E-state index contributed by atoms with van der Waals surface area (Å²) in [5.74, 6) is -2.62. The number of nitro groups is 1. The van der Waals surface area contributed by atoms with E-state index in [0.29, 0.717) is 9.64 Å². The Morgan fingerprint density at radius 1 is 1.53 bits per heavy atom. The van der Waals surface area contributed by atoms with Crippen molar-refractivity contribution < 1.29 is 19.2 Å². The van der Waals surface area contributed by atoms with Crippen LogP contribution < -0.4 is 0 Å². The molecule has 0 saturated heterocycles. The van der Waals surface area contributed by atoms with Crippen LogP contribution in [0.5, 0.6) is 0 Å². The van der Waals surface area contributed by atoms with Gasteiger partial charge in [-0.3, -0.25) is 10.1 Å². The first kappa shape index (κ1) is 13.4. The lowest BCUT2D eigenvalue weighted by atomic mass is 10.1. The molecule has 1 aromatic heterocycles. The third-order valence-corrected chi connectivity index (χ3v) is 2.85. The van der Waals surface area contributed by atoms with Gasteiger partial charge in [-0.25, -0.2) is 13.9 Å². The standard InChI is InChI=1S/C10H5FIN3O4/c11-7-2-8(14-4-5(12)3-13-14)9(15(18)19)1-6(7)10(16)17/h1-4H,(H,16,17). The number of carboxylic acid groups (broad SMARTS) is 1. The van der Waals surface area contributed by atoms with Crippen molar-refractivity contribution in [3.05, 3.63) is 49.6 Å². The van der Waals surface area contributed by atoms with Gasteiger partial charge in [0, 0.05) is 18.3 Å². The summed E-state index contributed by atoms with van der Waals surface area (Å²) in [6, 6.07) is 1.46. The van der Waals surface area contributed by atoms with Gasteiger partial charge in [0.25, 0.3) is 5.69 Å². The fraction of sp³-hybridized carbons (Fsp3) is 0. The molecule has 2 aromatic rings. The molecule has 7 nitrogen and oxygen atoms in total. The van der Waals surface area contributed by atoms with Crippen LogP contribution in [0.1, 0.15) is 10.4 Å². The molecule has 0 aliphatic rings. The molecule has 0 atom stereocenters. The van der Waals surface area contributed by atoms with Gasteiger partial charge in [-0.15, -0.1) is 0 Å². The molecule has 0 amide bonds. The van der Waals surface area contributed by atoms with Gasteiger partial charge in [0.1, 0.15) is 17.1 Å². The monoisotopic (exact) mass is 377 g/mol. The number of aromatic carboxylic acids is 1. The van der Waals surface area contributed by atoms with Crippen molar-refractivity contribution in [2.24, 2.45) is 0 Å². The van der Waals surface area contributed by atoms with Crippen molar-refractivity contribution in [2.75, 3.05) is 0 Å². The lowest BCUT2D eigenvalue weighted by Gasteiger charge is -2.05. The third-order valence-electron chi connectivity index (χ3n) is 2.29. The number of aromatic nitrogens is 2. The average Bonchev–Trinajstić information content (AvgIpc) is 2.74. The number of nitrogens with zero attached hydrogens (tertiary/aromatic N) is 3. The molecule has 0 radical (unpaired) electrons. The van der Waals surface area contributed by atoms with Crippen molar-refractivity contribution in [3.63, 3.8) is 0 Å². The maximum absolute atomic E-state index is 13.6. The Morgan fingerprint density at radius 2 is 2.21 bits per heavy atom. The molecule has 98 valence electrons. The van der Waals surface area contributed by atoms with Gasteiger partial charge in [-0.05, 0) is 22.6 Å². The zero-order valence-corrected chi connectivity index (χ0v) is 11.2. The largest absolute Gasteiger partial charge is 0.478 e. The van der Waals surface area contributed by atoms with Crippen molar-refractivity contribution in [3.8, 4) is 5.69 Å². The van der Waals surface area contributed by atoms with Crippen LogP contribution >= 0.6 is 22.6 Å². The van der Waals surface area contributed by atoms with E-state index < -0.39 is 28.0 Å². The minimum Gasteiger partial charge on any atom is -0.478 e. The first-order valence-corrected chi connectivity index (χ1v) is 5.90. The number of benzene rings is 1. The van der Waals surface area contributed by atoms with E-state index in [1.165, 1.54) is 12.4 Å². The van der Waals surface area contributed by atoms with Crippen LogP contribution in [0.2, 0.25) is 0 Å². The molecule has 19 heavy (non-hydrogen) atoms. The number of carboxylic acids is 1. The van der Waals surface area contributed by atoms with Crippen LogP contribution in [0.15, 0.2) is 24.5 Å². The maximum atomic E-state index is 13.6. The van der Waals surface area contributed by atoms with Crippen molar-refractivity contribution in [2.45, 2.75) is 0 Å². The highest BCUT2D eigenvalue weighted by Gasteiger charge is 2.23. The lowest BCUT2D eigenvalue weighted by Crippen LogP contribution is -2.07. The van der Waals surface area contributed by atoms with Gasteiger partial charge < -0.3 is 5.11 Å². The van der Waals surface area contributed by atoms with Gasteiger partial charge >= 0.3 is 5.97 Å². The molecule has 0 bridgehead atoms. The Morgan fingerprint density at radius 3 is 2.68 bits per heavy atom. The fourth-order valence-electron chi connectivity index (χ4n) is 1.48. The van der Waals surface area contributed by atoms with Gasteiger partial charge in [-0.2, -0.15) is 5.10 Å². The van der Waals surface area contributed by atoms with E-state index in [2.05, 4.69) is 5.10 Å². The topological polar surface area (TPSA) is 98.3 Å². The van der Waals surface area contributed by atoms with Crippen molar-refractivity contribution >= 4 is 34.2 Å². The second kappa shape index (κ2) is 4.91. The average molecular weight is 377 g/mol. The van der Waals surface area contributed by atoms with E-state index in [4.69, 9.17) is 5.11 Å². The summed E-state index contributed by atoms with van der Waals surface area (Å²) in [5.41, 5.74) is -1.41. The summed E-state index contributed by atoms with van der Waals surface area (Å²) < 4.78 is 15.4. The highest BCUT2D eigenvalue weighted by atomic mass is 127. The SMILES string of the molecule is O=C(O)c1cc([N+](=O)[O-])c(-n2cc(I)cn2)cc1F. The molecule has 0 aliphatic heterocycles. The Bertz CT molecular complexity index is 685. The molecule has 1 heterocycles. The van der Waals surface area contributed by atoms with Crippen molar-refractivity contribution in [1.82, 2.24) is 9.78 Å². The van der Waals surface area contributed by atoms with Gasteiger partial charge in [0.2, 0.25) is 0 Å². The molecule has 0 saturated carbocycles. The number of carbonyl (C=O) groups is 1. The Balaban J connectivity index is 2.70. The maximum Gasteiger partial charge on any atom is 0.338 e. The van der Waals surface area contributed by atoms with E-state index in [9.17, 15) is 19.3 Å². The molecule has 0 fully saturated rings. The first-order chi connectivity index (χ1) is 8.90. The Labute approximate surface area is 118 Å². The second-order valence-electron chi connectivity index (χ2n) is 3.49. The molecule has 2 rings (SSSR count). The van der Waals surface area contributed by atoms with E-state index in [1.54, 1.807) is 0 Å². The summed E-state index contributed by atoms with van der Waals surface area (Å²) >= 11 is 1.94. The van der Waals surface area contributed by atoms with Gasteiger partial charge in [-0.1, -0.05) is 0 Å². The van der Waals surface area contributed by atoms with Crippen LogP contribution in [0.25, 0.3) is 5.69 Å². The van der Waals surface area contributed by atoms with Gasteiger partial charge in [0.15, 0.2) is 0 Å². The van der Waals surface area contributed by atoms with Crippen LogP contribution in [0.4, 0.5) is 10.1 Å². The molecule has 0 spiro atoms. The molecule has 0 aliphatic carbocycles. The predicted molar refractivity (Wildman–Crippen MR) is 69.9 cm³/mol. The normalized spacial score (nSPS) is 10.4. The van der Waals surface area contributed by atoms with E-state index in [-0.39, 0.29) is 5.69 Å². The lowest BCUT2D eigenvalue weighted by molar-refractivity contribution is -0.384. The highest BCUT2D eigenvalue weighted by molar-refractivity contribution is 14.1. The first-order valence-electron chi connectivity index (χ1n) is 4.82. The fourth-order valence-corrected chi connectivity index (χ4v) is 1.87. The molecular formula is C10H5FIN3O4. The summed E-state index contributed by atoms with van der Waals surface area (Å²) in [4.78, 5) is 20.9. The highest BCUT2D eigenvalue weighted by Crippen LogP contribution is 2.26. The Hall–Kier alpha value is -2.04. The van der Waals surface area contributed by atoms with E-state index in [1.807, 2.05) is 22.6 Å².